The van der Waals surface area contributed by atoms with Crippen molar-refractivity contribution in [2.45, 2.75) is 79.4 Å². The van der Waals surface area contributed by atoms with E-state index in [1.807, 2.05) is 23.7 Å². The number of ether oxygens (including phenoxy) is 5. The maximum atomic E-state index is 12.2. The molecule has 0 spiro atoms. The Morgan fingerprint density at radius 3 is 1.88 bits per heavy atom. The molecular weight excluding hydrogens is 933 g/mol. The highest BCUT2D eigenvalue weighted by Crippen LogP contribution is 2.51. The average molecular weight is 995 g/mol. The molecule has 1 N–H and O–H groups in total. The largest absolute Gasteiger partial charge is 0.748 e. The number of methoxy groups -OCH3 is 2. The van der Waals surface area contributed by atoms with Crippen molar-refractivity contribution in [2.75, 3.05) is 90.8 Å². The Bertz CT molecular complexity index is 2500. The molecule has 2 atom stereocenters. The first-order valence-electron chi connectivity index (χ1n) is 21.9. The zero-order valence-corrected chi connectivity index (χ0v) is 40.9. The van der Waals surface area contributed by atoms with Crippen LogP contribution in [0, 0.1) is 0 Å². The molecule has 0 aliphatic carbocycles. The third kappa shape index (κ3) is 16.0. The zero-order valence-electron chi connectivity index (χ0n) is 38.4. The van der Waals surface area contributed by atoms with Crippen LogP contribution >= 0.6 is 0 Å². The molecule has 18 nitrogen and oxygen atoms in total. The Balaban J connectivity index is 1.65. The number of unbranched alkanes of at least 4 members (excludes halogenated alkanes) is 2. The number of benzene rings is 2. The minimum atomic E-state index is -4.86. The van der Waals surface area contributed by atoms with Crippen LogP contribution in [0.4, 0.5) is 11.4 Å². The maximum absolute atomic E-state index is 12.2. The average Bonchev–Trinajstić information content (AvgIpc) is 3.62. The predicted octanol–water partition coefficient (Wildman–Crippen LogP) is 4.88. The summed E-state index contributed by atoms with van der Waals surface area (Å²) in [5.41, 5.74) is 2.10. The van der Waals surface area contributed by atoms with Crippen molar-refractivity contribution in [1.29, 1.82) is 0 Å². The van der Waals surface area contributed by atoms with Crippen LogP contribution in [-0.4, -0.2) is 146 Å². The van der Waals surface area contributed by atoms with Crippen molar-refractivity contribution in [3.8, 4) is 0 Å². The zero-order chi connectivity index (χ0) is 49.3. The van der Waals surface area contributed by atoms with Crippen LogP contribution in [0.5, 0.6) is 0 Å². The minimum absolute atomic E-state index is 0.0405. The van der Waals surface area contributed by atoms with E-state index in [-0.39, 0.29) is 43.9 Å². The summed E-state index contributed by atoms with van der Waals surface area (Å²) in [6, 6.07) is 8.39. The summed E-state index contributed by atoms with van der Waals surface area (Å²) in [6.07, 6.45) is 14.9. The van der Waals surface area contributed by atoms with Gasteiger partial charge in [0.15, 0.2) is 12.3 Å². The van der Waals surface area contributed by atoms with E-state index in [9.17, 15) is 43.7 Å². The fraction of sp³-hybridized carbons (Fsp3) is 0.522. The minimum Gasteiger partial charge on any atom is -0.748 e. The smallest absolute Gasteiger partial charge is 0.303 e. The molecule has 67 heavy (non-hydrogen) atoms. The lowest BCUT2D eigenvalue weighted by molar-refractivity contribution is -0.442. The van der Waals surface area contributed by atoms with E-state index < -0.39 is 57.8 Å². The van der Waals surface area contributed by atoms with Crippen LogP contribution in [0.2, 0.25) is 0 Å². The van der Waals surface area contributed by atoms with E-state index in [4.69, 9.17) is 28.8 Å². The number of carboxylic acid groups (broad SMARTS) is 1. The normalized spacial score (nSPS) is 19.5. The summed E-state index contributed by atoms with van der Waals surface area (Å²) in [5.74, 6) is -1.53. The van der Waals surface area contributed by atoms with Gasteiger partial charge in [0, 0.05) is 74.1 Å². The van der Waals surface area contributed by atoms with Gasteiger partial charge in [-0.2, -0.15) is 4.58 Å². The molecule has 0 amide bonds. The Labute approximate surface area is 394 Å². The second-order valence-corrected chi connectivity index (χ2v) is 20.7. The predicted molar refractivity (Wildman–Crippen MR) is 247 cm³/mol. The molecule has 0 fully saturated rings. The highest BCUT2D eigenvalue weighted by atomic mass is 32.2. The van der Waals surface area contributed by atoms with Gasteiger partial charge in [0.1, 0.15) is 26.8 Å². The molecule has 2 heterocycles. The maximum Gasteiger partial charge on any atom is 0.303 e. The first kappa shape index (κ1) is 55.5. The number of allylic oxidation sites excluding steroid dienone is 8. The highest BCUT2D eigenvalue weighted by Gasteiger charge is 2.48. The molecule has 0 saturated carbocycles. The van der Waals surface area contributed by atoms with Crippen LogP contribution in [-0.2, 0) is 69.7 Å². The molecule has 2 aromatic carbocycles. The molecule has 2 aromatic rings. The van der Waals surface area contributed by atoms with E-state index >= 15 is 0 Å². The van der Waals surface area contributed by atoms with Gasteiger partial charge in [-0.1, -0.05) is 36.8 Å². The lowest BCUT2D eigenvalue weighted by Gasteiger charge is -2.30. The van der Waals surface area contributed by atoms with Gasteiger partial charge in [-0.05, 0) is 87.9 Å². The molecule has 0 saturated heterocycles. The van der Waals surface area contributed by atoms with Crippen LogP contribution in [0.1, 0.15) is 69.9 Å². The standard InChI is InChI=1S/C46H64N2O16S3/c1-45(21-13-33-65(51,52)53)38-34-36(66(54,55)56)18-20-41(38)48(24-26-62-29-30-64-32-31-63-28-27-61-4)42(45)14-9-6-5-7-10-15-43-46(2,22-25-60-3)39-35-37(67(57,58)59)17-19-40(39)47(43)23-12-8-11-16-44(49)50/h5-7,9-10,14-15,17-20,34-35H,8,11-13,16,21-33H2,1-4H3,(H3-,49,50,51,52,53,54,55,56,57,58,59)/p-2. The Hall–Kier alpha value is -4.13. The van der Waals surface area contributed by atoms with E-state index in [0.717, 1.165) is 11.4 Å². The first-order chi connectivity index (χ1) is 31.7. The molecule has 0 bridgehead atoms. The van der Waals surface area contributed by atoms with Gasteiger partial charge in [-0.15, -0.1) is 0 Å². The lowest BCUT2D eigenvalue weighted by Crippen LogP contribution is -2.32. The van der Waals surface area contributed by atoms with Crippen molar-refractivity contribution >= 4 is 53.4 Å². The monoisotopic (exact) mass is 994 g/mol. The van der Waals surface area contributed by atoms with Crippen LogP contribution in [0.15, 0.2) is 94.4 Å². The lowest BCUT2D eigenvalue weighted by atomic mass is 9.76. The highest BCUT2D eigenvalue weighted by molar-refractivity contribution is 7.86. The van der Waals surface area contributed by atoms with E-state index in [2.05, 4.69) is 4.90 Å². The molecule has 0 radical (unpaired) electrons. The summed E-state index contributed by atoms with van der Waals surface area (Å²) < 4.78 is 137. The Morgan fingerprint density at radius 2 is 1.27 bits per heavy atom. The van der Waals surface area contributed by atoms with Crippen molar-refractivity contribution < 1.29 is 77.1 Å². The second-order valence-electron chi connectivity index (χ2n) is 16.4. The number of nitrogens with zero attached hydrogens (tertiary/aromatic N) is 2. The number of anilines is 1. The summed E-state index contributed by atoms with van der Waals surface area (Å²) in [4.78, 5) is 12.4. The fourth-order valence-corrected chi connectivity index (χ4v) is 9.83. The molecular formula is C46H62N2O16S3-2. The molecule has 4 rings (SSSR count). The fourth-order valence-electron chi connectivity index (χ4n) is 8.34. The summed E-state index contributed by atoms with van der Waals surface area (Å²) in [6.45, 7) is 7.36. The number of rotatable bonds is 31. The number of fused-ring (bicyclic) bond motifs is 2. The first-order valence-corrected chi connectivity index (χ1v) is 26.3. The van der Waals surface area contributed by atoms with Gasteiger partial charge < -0.3 is 47.3 Å². The molecule has 372 valence electrons. The molecule has 2 aliphatic rings. The third-order valence-electron chi connectivity index (χ3n) is 11.7. The molecule has 21 heteroatoms. The third-order valence-corrected chi connectivity index (χ3v) is 14.2. The van der Waals surface area contributed by atoms with Gasteiger partial charge in [-0.25, -0.2) is 25.3 Å². The Morgan fingerprint density at radius 1 is 0.687 bits per heavy atom. The quantitative estimate of drug-likeness (QED) is 0.0456. The van der Waals surface area contributed by atoms with Crippen molar-refractivity contribution in [1.82, 2.24) is 0 Å². The van der Waals surface area contributed by atoms with Gasteiger partial charge in [-0.3, -0.25) is 4.79 Å². The van der Waals surface area contributed by atoms with Crippen molar-refractivity contribution in [2.24, 2.45) is 0 Å². The molecule has 2 aliphatic heterocycles. The van der Waals surface area contributed by atoms with E-state index in [1.54, 1.807) is 57.6 Å². The SMILES string of the molecule is COCCOCCOCCOCC[N+]1=C(/C=C/C=C/C=C/C=C2/N(CCCCCC(=O)O)c3ccc(S(=O)(=O)[O-])cc3C2(C)CCOC)C(C)(CCCS(=O)(=O)[O-])c2cc(S(=O)(=O)[O-])ccc21. The Kier molecular flexibility index (Phi) is 21.1. The number of hydrogen-bond acceptors (Lipinski definition) is 16. The van der Waals surface area contributed by atoms with Gasteiger partial charge in [0.2, 0.25) is 5.69 Å². The number of aliphatic carboxylic acids is 1. The summed E-state index contributed by atoms with van der Waals surface area (Å²) >= 11 is 0. The van der Waals surface area contributed by atoms with E-state index in [1.165, 1.54) is 30.3 Å². The van der Waals surface area contributed by atoms with Gasteiger partial charge >= 0.3 is 5.97 Å². The topological polar surface area (TPSA) is 261 Å². The van der Waals surface area contributed by atoms with Crippen molar-refractivity contribution in [3.63, 3.8) is 0 Å². The van der Waals surface area contributed by atoms with Gasteiger partial charge in [0.25, 0.3) is 0 Å². The van der Waals surface area contributed by atoms with Crippen LogP contribution < -0.4 is 4.90 Å². The van der Waals surface area contributed by atoms with Gasteiger partial charge in [0.05, 0.1) is 65.0 Å². The number of carbonyl (C=O) groups is 1. The second kappa shape index (κ2) is 25.5. The number of carboxylic acids is 1. The van der Waals surface area contributed by atoms with Crippen molar-refractivity contribution in [3.05, 3.63) is 95.8 Å². The van der Waals surface area contributed by atoms with Crippen LogP contribution in [0.25, 0.3) is 0 Å². The molecule has 2 unspecified atom stereocenters. The number of hydrogen-bond donors (Lipinski definition) is 1. The van der Waals surface area contributed by atoms with E-state index in [0.29, 0.717) is 94.4 Å². The van der Waals surface area contributed by atoms with Crippen LogP contribution in [0.3, 0.4) is 0 Å². The molecule has 0 aromatic heterocycles. The summed E-state index contributed by atoms with van der Waals surface area (Å²) in [7, 11) is -11.0. The summed E-state index contributed by atoms with van der Waals surface area (Å²) in [5, 5.41) is 9.12.